The van der Waals surface area contributed by atoms with Crippen LogP contribution >= 0.6 is 12.2 Å². The van der Waals surface area contributed by atoms with E-state index in [2.05, 4.69) is 29.0 Å². The monoisotopic (exact) mass is 479 g/mol. The van der Waals surface area contributed by atoms with E-state index in [0.717, 1.165) is 12.8 Å². The largest absolute Gasteiger partial charge is 0.360 e. The maximum atomic E-state index is 14.9. The van der Waals surface area contributed by atoms with Gasteiger partial charge in [-0.25, -0.2) is 4.39 Å². The van der Waals surface area contributed by atoms with Crippen molar-refractivity contribution in [2.75, 3.05) is 16.8 Å². The van der Waals surface area contributed by atoms with E-state index in [0.29, 0.717) is 29.8 Å². The summed E-state index contributed by atoms with van der Waals surface area (Å²) in [7, 11) is 1.44. The van der Waals surface area contributed by atoms with Gasteiger partial charge in [-0.1, -0.05) is 20.4 Å². The number of hydrogen-bond acceptors (Lipinski definition) is 4. The van der Waals surface area contributed by atoms with Crippen LogP contribution in [0.3, 0.4) is 0 Å². The third kappa shape index (κ3) is 3.72. The predicted molar refractivity (Wildman–Crippen MR) is 133 cm³/mol. The summed E-state index contributed by atoms with van der Waals surface area (Å²) >= 11 is 5.81. The van der Waals surface area contributed by atoms with Crippen LogP contribution in [0.2, 0.25) is 0 Å². The van der Waals surface area contributed by atoms with Crippen molar-refractivity contribution in [2.24, 2.45) is 5.41 Å². The van der Waals surface area contributed by atoms with Crippen LogP contribution in [0.5, 0.6) is 0 Å². The number of carbonyl (C=O) groups excluding carboxylic acids is 2. The summed E-state index contributed by atoms with van der Waals surface area (Å²) in [6.45, 7) is 13.4. The highest BCUT2D eigenvalue weighted by atomic mass is 32.1. The Morgan fingerprint density at radius 1 is 1.21 bits per heavy atom. The molecule has 1 spiro atoms. The van der Waals surface area contributed by atoms with Crippen molar-refractivity contribution in [1.82, 2.24) is 10.3 Å². The van der Waals surface area contributed by atoms with Gasteiger partial charge in [0.1, 0.15) is 17.6 Å². The van der Waals surface area contributed by atoms with E-state index in [1.165, 1.54) is 30.3 Å². The highest BCUT2D eigenvalue weighted by Gasteiger charge is 2.58. The van der Waals surface area contributed by atoms with Crippen LogP contribution in [-0.2, 0) is 4.79 Å². The van der Waals surface area contributed by atoms with E-state index < -0.39 is 17.3 Å². The molecule has 1 saturated carbocycles. The molecule has 1 aromatic heterocycles. The molecule has 2 amide bonds. The summed E-state index contributed by atoms with van der Waals surface area (Å²) in [6.07, 6.45) is 4.20. The number of rotatable bonds is 3. The van der Waals surface area contributed by atoms with Gasteiger partial charge in [-0.2, -0.15) is 0 Å². The average Bonchev–Trinajstić information content (AvgIpc) is 3.01. The Balaban J connectivity index is 1.83. The topological polar surface area (TPSA) is 69.9 Å². The number of aromatic nitrogens is 1. The van der Waals surface area contributed by atoms with Crippen molar-refractivity contribution in [3.05, 3.63) is 58.8 Å². The van der Waals surface area contributed by atoms with Crippen molar-refractivity contribution in [2.45, 2.75) is 52.0 Å². The van der Waals surface area contributed by atoms with Gasteiger partial charge in [0, 0.05) is 12.7 Å². The lowest BCUT2D eigenvalue weighted by atomic mass is 9.68. The molecule has 0 unspecified atom stereocenters. The molecule has 34 heavy (non-hydrogen) atoms. The average molecular weight is 480 g/mol. The number of aryl methyl sites for hydroxylation is 1. The van der Waals surface area contributed by atoms with Gasteiger partial charge in [0.15, 0.2) is 5.11 Å². The highest BCUT2D eigenvalue weighted by Crippen LogP contribution is 2.49. The molecule has 9 heteroatoms. The lowest BCUT2D eigenvalue weighted by molar-refractivity contribution is -0.123. The molecule has 4 rings (SSSR count). The van der Waals surface area contributed by atoms with Gasteiger partial charge in [-0.05, 0) is 80.1 Å². The second kappa shape index (κ2) is 8.44. The first kappa shape index (κ1) is 23.8. The fourth-order valence-corrected chi connectivity index (χ4v) is 5.26. The molecule has 2 aliphatic rings. The van der Waals surface area contributed by atoms with Crippen LogP contribution in [0.1, 0.15) is 55.5 Å². The third-order valence-corrected chi connectivity index (χ3v) is 7.29. The quantitative estimate of drug-likeness (QED) is 0.500. The molecule has 7 nitrogen and oxygen atoms in total. The Morgan fingerprint density at radius 2 is 1.88 bits per heavy atom. The zero-order valence-electron chi connectivity index (χ0n) is 19.6. The number of anilines is 2. The third-order valence-electron chi connectivity index (χ3n) is 6.93. The Labute approximate surface area is 203 Å². The molecule has 1 aliphatic carbocycles. The maximum absolute atomic E-state index is 14.9. The second-order valence-corrected chi connectivity index (χ2v) is 10.0. The lowest BCUT2D eigenvalue weighted by Crippen LogP contribution is -2.53. The zero-order valence-corrected chi connectivity index (χ0v) is 20.4. The van der Waals surface area contributed by atoms with Gasteiger partial charge >= 0.3 is 0 Å². The molecule has 0 radical (unpaired) electrons. The summed E-state index contributed by atoms with van der Waals surface area (Å²) in [6, 6.07) is 6.03. The van der Waals surface area contributed by atoms with Gasteiger partial charge in [0.25, 0.3) is 17.6 Å². The van der Waals surface area contributed by atoms with Crippen LogP contribution in [-0.4, -0.2) is 34.5 Å². The number of halogens is 1. The zero-order chi connectivity index (χ0) is 24.8. The van der Waals surface area contributed by atoms with E-state index >= 15 is 0 Å². The molecule has 2 heterocycles. The van der Waals surface area contributed by atoms with Crippen LogP contribution in [0.25, 0.3) is 4.85 Å². The summed E-state index contributed by atoms with van der Waals surface area (Å²) in [5.74, 6) is -1.13. The molecule has 0 atom stereocenters. The summed E-state index contributed by atoms with van der Waals surface area (Å²) in [5.41, 5.74) is 0.590. The van der Waals surface area contributed by atoms with Crippen molar-refractivity contribution < 1.29 is 14.0 Å². The minimum atomic E-state index is -0.958. The van der Waals surface area contributed by atoms with E-state index in [4.69, 9.17) is 18.8 Å². The molecule has 1 aliphatic heterocycles. The molecule has 176 valence electrons. The normalized spacial score (nSPS) is 18.8. The van der Waals surface area contributed by atoms with Crippen molar-refractivity contribution >= 4 is 46.3 Å². The first-order chi connectivity index (χ1) is 16.0. The molecule has 0 bridgehead atoms. The van der Waals surface area contributed by atoms with Crippen molar-refractivity contribution in [3.63, 3.8) is 0 Å². The summed E-state index contributed by atoms with van der Waals surface area (Å²) in [5, 5.41) is 2.66. The molecular weight excluding hydrogens is 453 g/mol. The van der Waals surface area contributed by atoms with E-state index in [1.807, 2.05) is 0 Å². The van der Waals surface area contributed by atoms with Gasteiger partial charge in [-0.3, -0.25) is 14.5 Å². The minimum Gasteiger partial charge on any atom is -0.360 e. The molecule has 1 N–H and O–H groups in total. The summed E-state index contributed by atoms with van der Waals surface area (Å²) < 4.78 is 14.9. The molecule has 2 fully saturated rings. The molecule has 1 aromatic carbocycles. The van der Waals surface area contributed by atoms with Crippen LogP contribution in [0.15, 0.2) is 30.5 Å². The first-order valence-electron chi connectivity index (χ1n) is 11.1. The number of nitrogens with one attached hydrogen (secondary N) is 1. The number of nitrogens with zero attached hydrogens (tertiary/aromatic N) is 4. The fraction of sp³-hybridized carbons (Fsp3) is 0.400. The van der Waals surface area contributed by atoms with Crippen LogP contribution in [0.4, 0.5) is 21.6 Å². The Kier molecular flexibility index (Phi) is 5.90. The van der Waals surface area contributed by atoms with E-state index in [1.54, 1.807) is 24.0 Å². The first-order valence-corrected chi connectivity index (χ1v) is 11.5. The van der Waals surface area contributed by atoms with Crippen molar-refractivity contribution in [1.29, 1.82) is 0 Å². The minimum absolute atomic E-state index is 0.0760. The van der Waals surface area contributed by atoms with E-state index in [9.17, 15) is 14.0 Å². The van der Waals surface area contributed by atoms with Gasteiger partial charge in [0.2, 0.25) is 0 Å². The van der Waals surface area contributed by atoms with E-state index in [-0.39, 0.29) is 27.8 Å². The Bertz CT molecular complexity index is 1240. The maximum Gasteiger partial charge on any atom is 0.272 e. The fourth-order valence-electron chi connectivity index (χ4n) is 4.79. The number of amides is 2. The second-order valence-electron chi connectivity index (χ2n) is 9.64. The molecular formula is C25H26FN5O2S. The smallest absolute Gasteiger partial charge is 0.272 e. The van der Waals surface area contributed by atoms with Crippen LogP contribution in [0, 0.1) is 24.7 Å². The van der Waals surface area contributed by atoms with Crippen molar-refractivity contribution in [3.8, 4) is 0 Å². The van der Waals surface area contributed by atoms with Gasteiger partial charge < -0.3 is 15.1 Å². The number of hydrogen-bond donors (Lipinski definition) is 1. The lowest BCUT2D eigenvalue weighted by Gasteiger charge is -2.44. The Hall–Kier alpha value is -3.38. The Morgan fingerprint density at radius 3 is 2.44 bits per heavy atom. The van der Waals surface area contributed by atoms with Gasteiger partial charge in [0.05, 0.1) is 11.3 Å². The number of carbonyl (C=O) groups is 2. The number of thiocarbonyl (C=S) groups is 1. The highest BCUT2D eigenvalue weighted by molar-refractivity contribution is 7.81. The standard InChI is InChI=1S/C25H26FN5O2S/c1-15-12-17(14-29-20(15)27-4)30-22(33)25(10-8-24(2,3)9-11-25)31(23(30)34)16-6-7-18(19(26)13-16)21(32)28-5/h6-7,12-14H,8-11H2,1-3,5H3,(H,28,32). The molecule has 1 saturated heterocycles. The number of benzene rings is 1. The molecule has 2 aromatic rings. The van der Waals surface area contributed by atoms with Gasteiger partial charge in [-0.15, -0.1) is 4.98 Å². The number of pyridine rings is 1. The van der Waals surface area contributed by atoms with Crippen LogP contribution < -0.4 is 15.1 Å². The SMILES string of the molecule is [C-]#[N+]c1ncc(N2C(=O)C3(CCC(C)(C)CC3)N(c3ccc(C(=O)NC)c(F)c3)C2=S)cc1C. The summed E-state index contributed by atoms with van der Waals surface area (Å²) in [4.78, 5) is 36.8. The predicted octanol–water partition coefficient (Wildman–Crippen LogP) is 4.92.